The van der Waals surface area contributed by atoms with E-state index in [4.69, 9.17) is 5.11 Å². The van der Waals surface area contributed by atoms with E-state index in [1.807, 2.05) is 0 Å². The molecule has 2 rings (SSSR count). The Kier molecular flexibility index (Phi) is 4.02. The summed E-state index contributed by atoms with van der Waals surface area (Å²) in [6.45, 7) is 1.86. The van der Waals surface area contributed by atoms with Crippen molar-refractivity contribution in [1.82, 2.24) is 4.98 Å². The van der Waals surface area contributed by atoms with Crippen LogP contribution in [0.15, 0.2) is 24.3 Å². The third-order valence-electron chi connectivity index (χ3n) is 2.92. The van der Waals surface area contributed by atoms with Gasteiger partial charge in [0.1, 0.15) is 0 Å². The zero-order valence-corrected chi connectivity index (χ0v) is 11.2. The van der Waals surface area contributed by atoms with Gasteiger partial charge in [0.15, 0.2) is 0 Å². The molecule has 0 spiro atoms. The molecule has 0 saturated carbocycles. The first-order valence-electron chi connectivity index (χ1n) is 6.21. The zero-order valence-electron chi connectivity index (χ0n) is 11.2. The summed E-state index contributed by atoms with van der Waals surface area (Å²) in [4.78, 5) is 14.6. The topological polar surface area (TPSA) is 62.2 Å². The number of hydrogen-bond acceptors (Lipinski definition) is 3. The molecule has 0 aliphatic carbocycles. The van der Waals surface area contributed by atoms with E-state index in [0.717, 1.165) is 12.1 Å². The number of anilines is 1. The Labute approximate surface area is 118 Å². The summed E-state index contributed by atoms with van der Waals surface area (Å²) >= 11 is 0. The van der Waals surface area contributed by atoms with Crippen LogP contribution in [0.3, 0.4) is 0 Å². The predicted octanol–water partition coefficient (Wildman–Crippen LogP) is 3.45. The van der Waals surface area contributed by atoms with Crippen LogP contribution in [-0.4, -0.2) is 22.6 Å². The van der Waals surface area contributed by atoms with Crippen LogP contribution in [0.25, 0.3) is 10.9 Å². The van der Waals surface area contributed by atoms with Crippen molar-refractivity contribution < 1.29 is 23.1 Å². The van der Waals surface area contributed by atoms with Crippen molar-refractivity contribution in [3.05, 3.63) is 35.5 Å². The van der Waals surface area contributed by atoms with Gasteiger partial charge in [-0.15, -0.1) is 0 Å². The van der Waals surface area contributed by atoms with Crippen molar-refractivity contribution in [2.75, 3.05) is 11.9 Å². The quantitative estimate of drug-likeness (QED) is 0.907. The van der Waals surface area contributed by atoms with Gasteiger partial charge < -0.3 is 10.4 Å². The number of rotatable bonds is 4. The molecule has 0 atom stereocenters. The molecule has 112 valence electrons. The Balaban J connectivity index is 2.40. The van der Waals surface area contributed by atoms with E-state index in [1.54, 1.807) is 13.0 Å². The third-order valence-corrected chi connectivity index (χ3v) is 2.92. The molecule has 4 nitrogen and oxygen atoms in total. The highest BCUT2D eigenvalue weighted by Crippen LogP contribution is 2.33. The fourth-order valence-corrected chi connectivity index (χ4v) is 1.99. The van der Waals surface area contributed by atoms with Gasteiger partial charge in [0, 0.05) is 23.3 Å². The lowest BCUT2D eigenvalue weighted by atomic mass is 10.1. The van der Waals surface area contributed by atoms with Gasteiger partial charge in [0.05, 0.1) is 17.5 Å². The maximum Gasteiger partial charge on any atom is 0.416 e. The molecular weight excluding hydrogens is 285 g/mol. The van der Waals surface area contributed by atoms with Crippen LogP contribution < -0.4 is 5.32 Å². The van der Waals surface area contributed by atoms with Crippen LogP contribution in [-0.2, 0) is 11.0 Å². The van der Waals surface area contributed by atoms with E-state index in [1.165, 1.54) is 6.07 Å². The fourth-order valence-electron chi connectivity index (χ4n) is 1.99. The highest BCUT2D eigenvalue weighted by Gasteiger charge is 2.30. The third kappa shape index (κ3) is 3.62. The largest absolute Gasteiger partial charge is 0.481 e. The molecule has 0 aliphatic heterocycles. The molecule has 0 bridgehead atoms. The number of carboxylic acids is 1. The van der Waals surface area contributed by atoms with E-state index in [-0.39, 0.29) is 18.5 Å². The molecule has 1 heterocycles. The number of aryl methyl sites for hydroxylation is 1. The number of carboxylic acid groups (broad SMARTS) is 1. The summed E-state index contributed by atoms with van der Waals surface area (Å²) in [5, 5.41) is 12.1. The average molecular weight is 298 g/mol. The maximum atomic E-state index is 12.7. The van der Waals surface area contributed by atoms with Crippen molar-refractivity contribution in [2.45, 2.75) is 19.5 Å². The molecule has 1 aromatic carbocycles. The molecular formula is C14H13F3N2O2. The Morgan fingerprint density at radius 1 is 1.33 bits per heavy atom. The lowest BCUT2D eigenvalue weighted by Crippen LogP contribution is -2.09. The minimum atomic E-state index is -4.42. The summed E-state index contributed by atoms with van der Waals surface area (Å²) in [5.41, 5.74) is 0.597. The number of hydrogen-bond donors (Lipinski definition) is 2. The standard InChI is InChI=1S/C14H13F3N2O2/c1-8-6-11(18-5-4-13(20)21)10-3-2-9(14(15,16)17)7-12(10)19-8/h2-3,6-7H,4-5H2,1H3,(H,18,19)(H,20,21). The highest BCUT2D eigenvalue weighted by atomic mass is 19.4. The first-order valence-corrected chi connectivity index (χ1v) is 6.21. The molecule has 0 aliphatic rings. The molecule has 21 heavy (non-hydrogen) atoms. The van der Waals surface area contributed by atoms with E-state index in [9.17, 15) is 18.0 Å². The van der Waals surface area contributed by atoms with Crippen LogP contribution in [0.5, 0.6) is 0 Å². The SMILES string of the molecule is Cc1cc(NCCC(=O)O)c2ccc(C(F)(F)F)cc2n1. The molecule has 1 aromatic heterocycles. The van der Waals surface area contributed by atoms with Crippen molar-refractivity contribution in [1.29, 1.82) is 0 Å². The number of alkyl halides is 3. The van der Waals surface area contributed by atoms with Gasteiger partial charge in [-0.1, -0.05) is 6.07 Å². The van der Waals surface area contributed by atoms with Gasteiger partial charge in [-0.2, -0.15) is 13.2 Å². The summed E-state index contributed by atoms with van der Waals surface area (Å²) in [7, 11) is 0. The van der Waals surface area contributed by atoms with E-state index in [2.05, 4.69) is 10.3 Å². The van der Waals surface area contributed by atoms with Crippen LogP contribution >= 0.6 is 0 Å². The lowest BCUT2D eigenvalue weighted by molar-refractivity contribution is -0.138. The number of halogens is 3. The number of aromatic nitrogens is 1. The molecule has 0 amide bonds. The Bertz CT molecular complexity index is 684. The molecule has 0 radical (unpaired) electrons. The van der Waals surface area contributed by atoms with Gasteiger partial charge >= 0.3 is 12.1 Å². The zero-order chi connectivity index (χ0) is 15.6. The van der Waals surface area contributed by atoms with Crippen molar-refractivity contribution in [3.8, 4) is 0 Å². The van der Waals surface area contributed by atoms with Gasteiger partial charge in [-0.25, -0.2) is 0 Å². The second-order valence-corrected chi connectivity index (χ2v) is 4.61. The van der Waals surface area contributed by atoms with Crippen molar-refractivity contribution >= 4 is 22.6 Å². The normalized spacial score (nSPS) is 11.6. The Hall–Kier alpha value is -2.31. The lowest BCUT2D eigenvalue weighted by Gasteiger charge is -2.12. The second-order valence-electron chi connectivity index (χ2n) is 4.61. The number of aliphatic carboxylic acids is 1. The minimum Gasteiger partial charge on any atom is -0.481 e. The number of carbonyl (C=O) groups is 1. The molecule has 0 unspecified atom stereocenters. The number of pyridine rings is 1. The van der Waals surface area contributed by atoms with Crippen LogP contribution in [0.2, 0.25) is 0 Å². The van der Waals surface area contributed by atoms with Crippen molar-refractivity contribution in [3.63, 3.8) is 0 Å². The first kappa shape index (κ1) is 15.1. The summed E-state index contributed by atoms with van der Waals surface area (Å²) in [6, 6.07) is 5.00. The fraction of sp³-hybridized carbons (Fsp3) is 0.286. The van der Waals surface area contributed by atoms with Gasteiger partial charge in [0.25, 0.3) is 0 Å². The van der Waals surface area contributed by atoms with E-state index >= 15 is 0 Å². The smallest absolute Gasteiger partial charge is 0.416 e. The number of benzene rings is 1. The number of nitrogens with zero attached hydrogens (tertiary/aromatic N) is 1. The number of fused-ring (bicyclic) bond motifs is 1. The van der Waals surface area contributed by atoms with Crippen LogP contribution in [0.1, 0.15) is 17.7 Å². The molecule has 0 fully saturated rings. The average Bonchev–Trinajstić information content (AvgIpc) is 2.36. The van der Waals surface area contributed by atoms with Crippen LogP contribution in [0, 0.1) is 6.92 Å². The highest BCUT2D eigenvalue weighted by molar-refractivity contribution is 5.92. The van der Waals surface area contributed by atoms with E-state index < -0.39 is 17.7 Å². The van der Waals surface area contributed by atoms with Gasteiger partial charge in [-0.3, -0.25) is 9.78 Å². The van der Waals surface area contributed by atoms with E-state index in [0.29, 0.717) is 16.8 Å². The van der Waals surface area contributed by atoms with Crippen molar-refractivity contribution in [2.24, 2.45) is 0 Å². The predicted molar refractivity (Wildman–Crippen MR) is 72.2 cm³/mol. The summed E-state index contributed by atoms with van der Waals surface area (Å²) in [6.07, 6.45) is -4.50. The first-order chi connectivity index (χ1) is 9.77. The maximum absolute atomic E-state index is 12.7. The minimum absolute atomic E-state index is 0.0799. The Morgan fingerprint density at radius 3 is 2.67 bits per heavy atom. The van der Waals surface area contributed by atoms with Gasteiger partial charge in [0.2, 0.25) is 0 Å². The van der Waals surface area contributed by atoms with Crippen LogP contribution in [0.4, 0.5) is 18.9 Å². The monoisotopic (exact) mass is 298 g/mol. The van der Waals surface area contributed by atoms with Gasteiger partial charge in [-0.05, 0) is 25.1 Å². The second kappa shape index (κ2) is 5.59. The molecule has 0 saturated heterocycles. The summed E-state index contributed by atoms with van der Waals surface area (Å²) in [5.74, 6) is -0.947. The Morgan fingerprint density at radius 2 is 2.05 bits per heavy atom. The summed E-state index contributed by atoms with van der Waals surface area (Å²) < 4.78 is 38.1. The molecule has 7 heteroatoms. The number of nitrogens with one attached hydrogen (secondary N) is 1. The molecule has 2 aromatic rings. The molecule has 2 N–H and O–H groups in total.